The first-order valence-electron chi connectivity index (χ1n) is 10.8. The Morgan fingerprint density at radius 2 is 1.80 bits per heavy atom. The van der Waals surface area contributed by atoms with Gasteiger partial charge < -0.3 is 14.0 Å². The van der Waals surface area contributed by atoms with E-state index in [1.54, 1.807) is 4.57 Å². The van der Waals surface area contributed by atoms with Crippen LogP contribution in [0.1, 0.15) is 24.2 Å². The summed E-state index contributed by atoms with van der Waals surface area (Å²) in [5.74, 6) is -1.02. The van der Waals surface area contributed by atoms with Crippen LogP contribution < -0.4 is 4.80 Å². The van der Waals surface area contributed by atoms with E-state index in [1.807, 2.05) is 32.0 Å². The molecule has 2 heterocycles. The molecule has 4 rings (SSSR count). The lowest BCUT2D eigenvalue weighted by Crippen LogP contribution is -2.48. The van der Waals surface area contributed by atoms with Gasteiger partial charge in [-0.05, 0) is 56.3 Å². The van der Waals surface area contributed by atoms with Gasteiger partial charge in [-0.1, -0.05) is 27.3 Å². The lowest BCUT2D eigenvalue weighted by molar-refractivity contribution is -0.141. The van der Waals surface area contributed by atoms with Crippen molar-refractivity contribution in [1.82, 2.24) is 8.87 Å². The van der Waals surface area contributed by atoms with Gasteiger partial charge in [-0.2, -0.15) is 9.30 Å². The maximum Gasteiger partial charge on any atom is 0.325 e. The molecule has 0 radical (unpaired) electrons. The predicted octanol–water partition coefficient (Wildman–Crippen LogP) is 3.18. The van der Waals surface area contributed by atoms with Crippen molar-refractivity contribution in [3.8, 4) is 0 Å². The largest absolute Gasteiger partial charge is 0.468 e. The number of ether oxygens (including phenoxy) is 2. The fraction of sp³-hybridized carbons (Fsp3) is 0.348. The molecule has 1 aromatic heterocycles. The molecule has 0 N–H and O–H groups in total. The number of rotatable bonds is 5. The number of hydrogen-bond acceptors (Lipinski definition) is 7. The molecule has 35 heavy (non-hydrogen) atoms. The maximum atomic E-state index is 13.1. The third kappa shape index (κ3) is 5.56. The van der Waals surface area contributed by atoms with Gasteiger partial charge in [-0.3, -0.25) is 9.59 Å². The standard InChI is InChI=1S/C23H24BrN3O6S2/c1-14-11-26(12-15(2)33-14)35(30,31)18-7-4-16(5-8-18)22(29)25-23-27(13-21(28)32-3)19-9-6-17(24)10-20(19)34-23/h4-10,14-15H,11-13H2,1-3H3. The smallest absolute Gasteiger partial charge is 0.325 e. The number of amides is 1. The van der Waals surface area contributed by atoms with Crippen LogP contribution in [0.25, 0.3) is 10.2 Å². The number of nitrogens with zero attached hydrogens (tertiary/aromatic N) is 3. The molecule has 3 aromatic rings. The third-order valence-corrected chi connectivity index (χ3v) is 8.86. The van der Waals surface area contributed by atoms with Gasteiger partial charge in [0.15, 0.2) is 4.80 Å². The van der Waals surface area contributed by atoms with Crippen LogP contribution in [0, 0.1) is 0 Å². The molecule has 12 heteroatoms. The normalized spacial score (nSPS) is 19.7. The summed E-state index contributed by atoms with van der Waals surface area (Å²) in [5.41, 5.74) is 0.974. The first kappa shape index (κ1) is 25.7. The third-order valence-electron chi connectivity index (χ3n) is 5.48. The molecule has 9 nitrogen and oxygen atoms in total. The highest BCUT2D eigenvalue weighted by molar-refractivity contribution is 9.10. The summed E-state index contributed by atoms with van der Waals surface area (Å²) in [6.45, 7) is 4.11. The van der Waals surface area contributed by atoms with E-state index in [1.165, 1.54) is 47.0 Å². The SMILES string of the molecule is COC(=O)Cn1c(=NC(=O)c2ccc(S(=O)(=O)N3CC(C)OC(C)C3)cc2)sc2cc(Br)ccc21. The van der Waals surface area contributed by atoms with Crippen molar-refractivity contribution in [2.24, 2.45) is 4.99 Å². The molecule has 1 fully saturated rings. The topological polar surface area (TPSA) is 107 Å². The summed E-state index contributed by atoms with van der Waals surface area (Å²) < 4.78 is 41.3. The highest BCUT2D eigenvalue weighted by atomic mass is 79.9. The fourth-order valence-corrected chi connectivity index (χ4v) is 7.05. The summed E-state index contributed by atoms with van der Waals surface area (Å²) in [5, 5.41) is 0. The Bertz CT molecular complexity index is 1440. The molecular formula is C23H24BrN3O6S2. The molecule has 0 saturated carbocycles. The minimum absolute atomic E-state index is 0.0994. The number of fused-ring (bicyclic) bond motifs is 1. The number of sulfonamides is 1. The number of carbonyl (C=O) groups excluding carboxylic acids is 2. The highest BCUT2D eigenvalue weighted by Crippen LogP contribution is 2.23. The lowest BCUT2D eigenvalue weighted by atomic mass is 10.2. The Labute approximate surface area is 215 Å². The summed E-state index contributed by atoms with van der Waals surface area (Å²) in [4.78, 5) is 29.6. The summed E-state index contributed by atoms with van der Waals surface area (Å²) in [7, 11) is -2.42. The number of hydrogen-bond donors (Lipinski definition) is 0. The number of carbonyl (C=O) groups is 2. The highest BCUT2D eigenvalue weighted by Gasteiger charge is 2.32. The second-order valence-electron chi connectivity index (χ2n) is 8.18. The molecule has 1 aliphatic heterocycles. The van der Waals surface area contributed by atoms with Gasteiger partial charge in [0.1, 0.15) is 6.54 Å². The molecule has 0 aliphatic carbocycles. The minimum atomic E-state index is -3.72. The Balaban J connectivity index is 1.65. The van der Waals surface area contributed by atoms with E-state index >= 15 is 0 Å². The predicted molar refractivity (Wildman–Crippen MR) is 135 cm³/mol. The van der Waals surface area contributed by atoms with E-state index in [2.05, 4.69) is 20.9 Å². The van der Waals surface area contributed by atoms with Crippen LogP contribution >= 0.6 is 27.3 Å². The monoisotopic (exact) mass is 581 g/mol. The molecule has 186 valence electrons. The summed E-state index contributed by atoms with van der Waals surface area (Å²) in [6, 6.07) is 11.3. The van der Waals surface area contributed by atoms with Crippen molar-refractivity contribution in [2.75, 3.05) is 20.2 Å². The maximum absolute atomic E-state index is 13.1. The number of halogens is 1. The lowest BCUT2D eigenvalue weighted by Gasteiger charge is -2.34. The van der Waals surface area contributed by atoms with E-state index < -0.39 is 21.9 Å². The minimum Gasteiger partial charge on any atom is -0.468 e. The summed E-state index contributed by atoms with van der Waals surface area (Å²) in [6.07, 6.45) is -0.404. The average Bonchev–Trinajstić information content (AvgIpc) is 3.13. The molecular weight excluding hydrogens is 558 g/mol. The van der Waals surface area contributed by atoms with E-state index in [9.17, 15) is 18.0 Å². The van der Waals surface area contributed by atoms with Crippen LogP contribution in [-0.2, 0) is 30.8 Å². The van der Waals surface area contributed by atoms with Crippen molar-refractivity contribution in [2.45, 2.75) is 37.5 Å². The average molecular weight is 582 g/mol. The van der Waals surface area contributed by atoms with Crippen molar-refractivity contribution in [3.05, 3.63) is 57.3 Å². The Morgan fingerprint density at radius 1 is 1.14 bits per heavy atom. The van der Waals surface area contributed by atoms with Gasteiger partial charge >= 0.3 is 5.97 Å². The van der Waals surface area contributed by atoms with Crippen LogP contribution in [0.3, 0.4) is 0 Å². The molecule has 1 saturated heterocycles. The quantitative estimate of drug-likeness (QED) is 0.428. The van der Waals surface area contributed by atoms with Crippen molar-refractivity contribution >= 4 is 59.4 Å². The van der Waals surface area contributed by atoms with Crippen molar-refractivity contribution < 1.29 is 27.5 Å². The second kappa shape index (κ2) is 10.3. The van der Waals surface area contributed by atoms with E-state index in [-0.39, 0.29) is 42.3 Å². The van der Waals surface area contributed by atoms with Gasteiger partial charge in [0, 0.05) is 23.1 Å². The van der Waals surface area contributed by atoms with Gasteiger partial charge in [-0.15, -0.1) is 0 Å². The zero-order valence-electron chi connectivity index (χ0n) is 19.3. The van der Waals surface area contributed by atoms with E-state index in [0.29, 0.717) is 4.80 Å². The van der Waals surface area contributed by atoms with E-state index in [4.69, 9.17) is 9.47 Å². The zero-order chi connectivity index (χ0) is 25.3. The summed E-state index contributed by atoms with van der Waals surface area (Å²) >= 11 is 4.69. The first-order chi connectivity index (χ1) is 16.6. The molecule has 0 spiro atoms. The van der Waals surface area contributed by atoms with Gasteiger partial charge in [-0.25, -0.2) is 8.42 Å². The number of methoxy groups -OCH3 is 1. The first-order valence-corrected chi connectivity index (χ1v) is 13.8. The molecule has 0 bridgehead atoms. The van der Waals surface area contributed by atoms with E-state index in [0.717, 1.165) is 14.7 Å². The second-order valence-corrected chi connectivity index (χ2v) is 12.0. The molecule has 2 aromatic carbocycles. The molecule has 2 atom stereocenters. The van der Waals surface area contributed by atoms with Gasteiger partial charge in [0.2, 0.25) is 10.0 Å². The Morgan fingerprint density at radius 3 is 2.43 bits per heavy atom. The van der Waals surface area contributed by atoms with Gasteiger partial charge in [0.05, 0.1) is 34.4 Å². The van der Waals surface area contributed by atoms with Crippen LogP contribution in [0.4, 0.5) is 0 Å². The molecule has 1 aliphatic rings. The van der Waals surface area contributed by atoms with Crippen LogP contribution in [0.15, 0.2) is 56.8 Å². The Kier molecular flexibility index (Phi) is 7.57. The van der Waals surface area contributed by atoms with Crippen molar-refractivity contribution in [1.29, 1.82) is 0 Å². The number of thiazole rings is 1. The van der Waals surface area contributed by atoms with Crippen molar-refractivity contribution in [3.63, 3.8) is 0 Å². The number of aromatic nitrogens is 1. The zero-order valence-corrected chi connectivity index (χ0v) is 22.5. The Hall–Kier alpha value is -2.38. The number of esters is 1. The van der Waals surface area contributed by atoms with Crippen LogP contribution in [0.2, 0.25) is 0 Å². The molecule has 1 amide bonds. The number of morpholine rings is 1. The van der Waals surface area contributed by atoms with Gasteiger partial charge in [0.25, 0.3) is 5.91 Å². The van der Waals surface area contributed by atoms with Crippen LogP contribution in [0.5, 0.6) is 0 Å². The van der Waals surface area contributed by atoms with Crippen LogP contribution in [-0.4, -0.2) is 61.6 Å². The fourth-order valence-electron chi connectivity index (χ4n) is 3.88. The molecule has 2 unspecified atom stereocenters. The number of benzene rings is 2.